The van der Waals surface area contributed by atoms with Crippen LogP contribution in [0.15, 0.2) is 52.0 Å². The van der Waals surface area contributed by atoms with Crippen molar-refractivity contribution in [2.24, 2.45) is 5.92 Å². The quantitative estimate of drug-likeness (QED) is 0.318. The second-order valence-corrected chi connectivity index (χ2v) is 10.3. The number of carbonyl (C=O) groups excluding carboxylic acids is 1. The highest BCUT2D eigenvalue weighted by Crippen LogP contribution is 2.32. The van der Waals surface area contributed by atoms with E-state index in [1.807, 2.05) is 17.9 Å². The molecule has 0 bridgehead atoms. The van der Waals surface area contributed by atoms with Gasteiger partial charge >= 0.3 is 6.18 Å². The van der Waals surface area contributed by atoms with Crippen LogP contribution in [0.1, 0.15) is 40.4 Å². The van der Waals surface area contributed by atoms with Crippen LogP contribution >= 0.6 is 11.8 Å². The Kier molecular flexibility index (Phi) is 7.32. The predicted octanol–water partition coefficient (Wildman–Crippen LogP) is 5.16. The number of alkyl halides is 3. The molecule has 0 unspecified atom stereocenters. The van der Waals surface area contributed by atoms with Crippen LogP contribution in [0, 0.1) is 12.8 Å². The van der Waals surface area contributed by atoms with Gasteiger partial charge in [0.25, 0.3) is 5.91 Å². The van der Waals surface area contributed by atoms with Crippen molar-refractivity contribution < 1.29 is 22.4 Å². The number of amides is 1. The Balaban J connectivity index is 1.17. The van der Waals surface area contributed by atoms with E-state index < -0.39 is 11.7 Å². The van der Waals surface area contributed by atoms with Gasteiger partial charge in [0.2, 0.25) is 0 Å². The Labute approximate surface area is 217 Å². The standard InChI is InChI=1S/C26H28F3N5O2S/c1-17-13-23(34-11-9-33(10-12-34)20-4-2-3-19(14-20)26(27,28)29)32-25(31-17)37-16-21-7-8-22(36-21)24(35)30-15-18-5-6-18/h2-4,7-8,13-14,18H,5-6,9-12,15-16H2,1H3,(H,30,35). The molecule has 3 heterocycles. The predicted molar refractivity (Wildman–Crippen MR) is 136 cm³/mol. The SMILES string of the molecule is Cc1cc(N2CCN(c3cccc(C(F)(F)F)c3)CC2)nc(SCc2ccc(C(=O)NCC3CC3)o2)n1. The highest BCUT2D eigenvalue weighted by molar-refractivity contribution is 7.98. The van der Waals surface area contributed by atoms with Crippen molar-refractivity contribution in [3.8, 4) is 0 Å². The molecule has 1 aromatic carbocycles. The molecule has 37 heavy (non-hydrogen) atoms. The lowest BCUT2D eigenvalue weighted by Crippen LogP contribution is -2.47. The maximum absolute atomic E-state index is 13.1. The minimum atomic E-state index is -4.36. The van der Waals surface area contributed by atoms with Gasteiger partial charge in [-0.25, -0.2) is 9.97 Å². The molecule has 2 fully saturated rings. The number of nitrogens with one attached hydrogen (secondary N) is 1. The topological polar surface area (TPSA) is 74.5 Å². The number of nitrogens with zero attached hydrogens (tertiary/aromatic N) is 4. The van der Waals surface area contributed by atoms with Gasteiger partial charge in [0.1, 0.15) is 11.6 Å². The van der Waals surface area contributed by atoms with E-state index in [1.54, 1.807) is 18.2 Å². The Hall–Kier alpha value is -3.21. The molecule has 3 aromatic rings. The monoisotopic (exact) mass is 531 g/mol. The molecular weight excluding hydrogens is 503 g/mol. The first-order chi connectivity index (χ1) is 17.7. The summed E-state index contributed by atoms with van der Waals surface area (Å²) >= 11 is 1.43. The lowest BCUT2D eigenvalue weighted by molar-refractivity contribution is -0.137. The Bertz CT molecular complexity index is 1250. The third-order valence-corrected chi connectivity index (χ3v) is 7.31. The third kappa shape index (κ3) is 6.57. The molecule has 2 aliphatic rings. The second-order valence-electron chi connectivity index (χ2n) is 9.38. The molecule has 0 radical (unpaired) electrons. The van der Waals surface area contributed by atoms with Crippen LogP contribution in [0.2, 0.25) is 0 Å². The summed E-state index contributed by atoms with van der Waals surface area (Å²) in [6.45, 7) is 5.04. The number of halogens is 3. The average molecular weight is 532 g/mol. The molecule has 11 heteroatoms. The van der Waals surface area contributed by atoms with E-state index in [4.69, 9.17) is 9.40 Å². The van der Waals surface area contributed by atoms with Crippen LogP contribution in [0.3, 0.4) is 0 Å². The van der Waals surface area contributed by atoms with E-state index in [0.29, 0.717) is 66.8 Å². The number of anilines is 2. The van der Waals surface area contributed by atoms with Crippen molar-refractivity contribution >= 4 is 29.2 Å². The first kappa shape index (κ1) is 25.4. The van der Waals surface area contributed by atoms with Crippen molar-refractivity contribution in [3.63, 3.8) is 0 Å². The van der Waals surface area contributed by atoms with Crippen LogP contribution in [0.4, 0.5) is 24.7 Å². The Morgan fingerprint density at radius 3 is 2.57 bits per heavy atom. The summed E-state index contributed by atoms with van der Waals surface area (Å²) in [6.07, 6.45) is -2.02. The number of furan rings is 1. The van der Waals surface area contributed by atoms with Crippen molar-refractivity contribution in [2.45, 2.75) is 36.9 Å². The van der Waals surface area contributed by atoms with Crippen molar-refractivity contribution in [3.05, 3.63) is 65.2 Å². The van der Waals surface area contributed by atoms with Gasteiger partial charge < -0.3 is 19.5 Å². The zero-order valence-corrected chi connectivity index (χ0v) is 21.2. The molecule has 0 spiro atoms. The molecule has 1 aliphatic heterocycles. The molecule has 1 saturated heterocycles. The highest BCUT2D eigenvalue weighted by atomic mass is 32.2. The zero-order valence-electron chi connectivity index (χ0n) is 20.4. The summed E-state index contributed by atoms with van der Waals surface area (Å²) in [4.78, 5) is 25.5. The van der Waals surface area contributed by atoms with Crippen LogP contribution in [-0.2, 0) is 11.9 Å². The number of hydrogen-bond acceptors (Lipinski definition) is 7. The smallest absolute Gasteiger partial charge is 0.416 e. The summed E-state index contributed by atoms with van der Waals surface area (Å²) in [5.74, 6) is 2.66. The largest absolute Gasteiger partial charge is 0.455 e. The van der Waals surface area contributed by atoms with E-state index in [1.165, 1.54) is 36.7 Å². The van der Waals surface area contributed by atoms with E-state index in [9.17, 15) is 18.0 Å². The normalized spacial score (nSPS) is 16.2. The Morgan fingerprint density at radius 1 is 1.08 bits per heavy atom. The third-order valence-electron chi connectivity index (χ3n) is 6.44. The second kappa shape index (κ2) is 10.6. The number of hydrogen-bond donors (Lipinski definition) is 1. The molecule has 1 aliphatic carbocycles. The Morgan fingerprint density at radius 2 is 1.84 bits per heavy atom. The molecule has 7 nitrogen and oxygen atoms in total. The van der Waals surface area contributed by atoms with Crippen molar-refractivity contribution in [1.82, 2.24) is 15.3 Å². The number of rotatable bonds is 8. The first-order valence-corrected chi connectivity index (χ1v) is 13.3. The van der Waals surface area contributed by atoms with Gasteiger partial charge in [-0.3, -0.25) is 4.79 Å². The van der Waals surface area contributed by atoms with Crippen LogP contribution < -0.4 is 15.1 Å². The number of benzene rings is 1. The molecule has 196 valence electrons. The molecule has 0 atom stereocenters. The highest BCUT2D eigenvalue weighted by Gasteiger charge is 2.31. The van der Waals surface area contributed by atoms with Gasteiger partial charge in [-0.1, -0.05) is 17.8 Å². The lowest BCUT2D eigenvalue weighted by atomic mass is 10.1. The fourth-order valence-electron chi connectivity index (χ4n) is 4.18. The lowest BCUT2D eigenvalue weighted by Gasteiger charge is -2.37. The van der Waals surface area contributed by atoms with Gasteiger partial charge in [0.05, 0.1) is 11.3 Å². The average Bonchev–Trinajstić information content (AvgIpc) is 3.60. The molecule has 1 saturated carbocycles. The van der Waals surface area contributed by atoms with Crippen molar-refractivity contribution in [2.75, 3.05) is 42.5 Å². The minimum Gasteiger partial charge on any atom is -0.455 e. The minimum absolute atomic E-state index is 0.193. The van der Waals surface area contributed by atoms with Crippen LogP contribution in [-0.4, -0.2) is 48.6 Å². The van der Waals surface area contributed by atoms with Gasteiger partial charge in [0.15, 0.2) is 10.9 Å². The molecule has 5 rings (SSSR count). The number of thioether (sulfide) groups is 1. The number of aromatic nitrogens is 2. The van der Waals surface area contributed by atoms with Crippen LogP contribution in [0.25, 0.3) is 0 Å². The maximum Gasteiger partial charge on any atom is 0.416 e. The number of carbonyl (C=O) groups is 1. The van der Waals surface area contributed by atoms with Gasteiger partial charge in [0, 0.05) is 50.2 Å². The molecule has 1 amide bonds. The van der Waals surface area contributed by atoms with Crippen molar-refractivity contribution in [1.29, 1.82) is 0 Å². The molecule has 1 N–H and O–H groups in total. The van der Waals surface area contributed by atoms with Crippen LogP contribution in [0.5, 0.6) is 0 Å². The number of aryl methyl sites for hydroxylation is 1. The fraction of sp³-hybridized carbons (Fsp3) is 0.423. The van der Waals surface area contributed by atoms with E-state index in [2.05, 4.69) is 15.2 Å². The van der Waals surface area contributed by atoms with Gasteiger partial charge in [-0.15, -0.1) is 0 Å². The summed E-state index contributed by atoms with van der Waals surface area (Å²) < 4.78 is 45.0. The van der Waals surface area contributed by atoms with Gasteiger partial charge in [-0.05, 0) is 56.0 Å². The maximum atomic E-state index is 13.1. The first-order valence-electron chi connectivity index (χ1n) is 12.3. The summed E-state index contributed by atoms with van der Waals surface area (Å²) in [6, 6.07) is 10.9. The zero-order chi connectivity index (χ0) is 26.0. The fourth-order valence-corrected chi connectivity index (χ4v) is 4.98. The van der Waals surface area contributed by atoms with E-state index in [0.717, 1.165) is 17.6 Å². The molecule has 2 aromatic heterocycles. The summed E-state index contributed by atoms with van der Waals surface area (Å²) in [7, 11) is 0. The van der Waals surface area contributed by atoms with E-state index >= 15 is 0 Å². The van der Waals surface area contributed by atoms with Gasteiger partial charge in [-0.2, -0.15) is 13.2 Å². The molecular formula is C26H28F3N5O2S. The summed E-state index contributed by atoms with van der Waals surface area (Å²) in [5.41, 5.74) is 0.763. The summed E-state index contributed by atoms with van der Waals surface area (Å²) in [5, 5.41) is 3.50. The van der Waals surface area contributed by atoms with E-state index in [-0.39, 0.29) is 5.91 Å². The number of piperazine rings is 1.